The number of hydrogen-bond donors (Lipinski definition) is 1. The van der Waals surface area contributed by atoms with E-state index < -0.39 is 12.0 Å². The van der Waals surface area contributed by atoms with Crippen LogP contribution in [0.3, 0.4) is 0 Å². The van der Waals surface area contributed by atoms with Gasteiger partial charge in [0, 0.05) is 10.0 Å². The Hall–Kier alpha value is -2.34. The fourth-order valence-corrected chi connectivity index (χ4v) is 2.45. The Balaban J connectivity index is 2.18. The van der Waals surface area contributed by atoms with Crippen LogP contribution in [-0.4, -0.2) is 26.1 Å². The van der Waals surface area contributed by atoms with Crippen LogP contribution in [0.1, 0.15) is 28.4 Å². The maximum absolute atomic E-state index is 12.5. The molecule has 5 nitrogen and oxygen atoms in total. The van der Waals surface area contributed by atoms with Gasteiger partial charge in [-0.15, -0.1) is 0 Å². The van der Waals surface area contributed by atoms with Gasteiger partial charge in [0.25, 0.3) is 5.91 Å². The summed E-state index contributed by atoms with van der Waals surface area (Å²) in [7, 11) is 2.89. The van der Waals surface area contributed by atoms with Crippen LogP contribution in [0.4, 0.5) is 0 Å². The molecule has 0 fully saturated rings. The summed E-state index contributed by atoms with van der Waals surface area (Å²) in [6.07, 6.45) is 0.0556. The average molecular weight is 392 g/mol. The predicted molar refractivity (Wildman–Crippen MR) is 94.0 cm³/mol. The summed E-state index contributed by atoms with van der Waals surface area (Å²) in [5.41, 5.74) is 1.31. The molecule has 0 aromatic heterocycles. The Morgan fingerprint density at radius 1 is 1.04 bits per heavy atom. The fourth-order valence-electron chi connectivity index (χ4n) is 2.18. The van der Waals surface area contributed by atoms with Gasteiger partial charge in [-0.1, -0.05) is 28.1 Å². The molecular formula is C18H18BrNO4. The van der Waals surface area contributed by atoms with E-state index in [4.69, 9.17) is 9.47 Å². The summed E-state index contributed by atoms with van der Waals surface area (Å²) in [5, 5.41) is 2.88. The van der Waals surface area contributed by atoms with Crippen LogP contribution in [-0.2, 0) is 9.53 Å². The van der Waals surface area contributed by atoms with Crippen LogP contribution in [0, 0.1) is 0 Å². The Morgan fingerprint density at radius 2 is 1.67 bits per heavy atom. The zero-order chi connectivity index (χ0) is 17.5. The first-order valence-electron chi connectivity index (χ1n) is 7.30. The van der Waals surface area contributed by atoms with Crippen molar-refractivity contribution in [3.8, 4) is 5.75 Å². The topological polar surface area (TPSA) is 64.6 Å². The van der Waals surface area contributed by atoms with Crippen molar-refractivity contribution in [3.05, 3.63) is 64.1 Å². The smallest absolute Gasteiger partial charge is 0.307 e. The molecule has 1 amide bonds. The number of methoxy groups -OCH3 is 2. The lowest BCUT2D eigenvalue weighted by molar-refractivity contribution is -0.141. The van der Waals surface area contributed by atoms with Gasteiger partial charge in [-0.2, -0.15) is 0 Å². The van der Waals surface area contributed by atoms with Gasteiger partial charge in [0.1, 0.15) is 5.75 Å². The lowest BCUT2D eigenvalue weighted by atomic mass is 10.0. The van der Waals surface area contributed by atoms with E-state index in [1.165, 1.54) is 7.11 Å². The van der Waals surface area contributed by atoms with E-state index in [-0.39, 0.29) is 12.3 Å². The third kappa shape index (κ3) is 4.83. The second-order valence-electron chi connectivity index (χ2n) is 5.09. The number of nitrogens with one attached hydrogen (secondary N) is 1. The van der Waals surface area contributed by atoms with E-state index in [0.29, 0.717) is 11.3 Å². The lowest BCUT2D eigenvalue weighted by Crippen LogP contribution is -2.30. The standard InChI is InChI=1S/C18H18BrNO4/c1-23-15-9-5-13(6-10-15)18(22)20-16(11-17(21)24-2)12-3-7-14(19)8-4-12/h3-10,16H,11H2,1-2H3,(H,20,22). The van der Waals surface area contributed by atoms with Crippen molar-refractivity contribution in [2.75, 3.05) is 14.2 Å². The molecule has 0 saturated heterocycles. The first kappa shape index (κ1) is 18.0. The van der Waals surface area contributed by atoms with Crippen molar-refractivity contribution in [3.63, 3.8) is 0 Å². The molecule has 0 spiro atoms. The summed E-state index contributed by atoms with van der Waals surface area (Å²) in [5.74, 6) is 0.0120. The maximum Gasteiger partial charge on any atom is 0.307 e. The molecule has 2 aromatic carbocycles. The average Bonchev–Trinajstić information content (AvgIpc) is 2.61. The van der Waals surface area contributed by atoms with Crippen LogP contribution in [0.25, 0.3) is 0 Å². The molecular weight excluding hydrogens is 374 g/mol. The normalized spacial score (nSPS) is 11.5. The molecule has 1 atom stereocenters. The summed E-state index contributed by atoms with van der Waals surface area (Å²) >= 11 is 3.37. The highest BCUT2D eigenvalue weighted by Gasteiger charge is 2.19. The third-order valence-corrected chi connectivity index (χ3v) is 4.06. The van der Waals surface area contributed by atoms with Crippen molar-refractivity contribution in [1.82, 2.24) is 5.32 Å². The van der Waals surface area contributed by atoms with Crippen molar-refractivity contribution < 1.29 is 19.1 Å². The number of rotatable bonds is 6. The molecule has 0 heterocycles. The number of hydrogen-bond acceptors (Lipinski definition) is 4. The highest BCUT2D eigenvalue weighted by molar-refractivity contribution is 9.10. The summed E-state index contributed by atoms with van der Waals surface area (Å²) in [6.45, 7) is 0. The Bertz CT molecular complexity index is 698. The lowest BCUT2D eigenvalue weighted by Gasteiger charge is -2.18. The highest BCUT2D eigenvalue weighted by atomic mass is 79.9. The first-order chi connectivity index (χ1) is 11.5. The number of esters is 1. The molecule has 24 heavy (non-hydrogen) atoms. The maximum atomic E-state index is 12.5. The SMILES string of the molecule is COC(=O)CC(NC(=O)c1ccc(OC)cc1)c1ccc(Br)cc1. The van der Waals surface area contributed by atoms with Gasteiger partial charge >= 0.3 is 5.97 Å². The molecule has 6 heteroatoms. The molecule has 0 radical (unpaired) electrons. The third-order valence-electron chi connectivity index (χ3n) is 3.53. The molecule has 0 aliphatic rings. The Morgan fingerprint density at radius 3 is 2.21 bits per heavy atom. The van der Waals surface area contributed by atoms with E-state index in [1.54, 1.807) is 31.4 Å². The second-order valence-corrected chi connectivity index (χ2v) is 6.00. The van der Waals surface area contributed by atoms with Crippen molar-refractivity contribution in [1.29, 1.82) is 0 Å². The van der Waals surface area contributed by atoms with Crippen molar-refractivity contribution in [2.45, 2.75) is 12.5 Å². The van der Waals surface area contributed by atoms with Gasteiger partial charge < -0.3 is 14.8 Å². The van der Waals surface area contributed by atoms with E-state index in [2.05, 4.69) is 21.2 Å². The van der Waals surface area contributed by atoms with E-state index in [0.717, 1.165) is 10.0 Å². The number of amides is 1. The van der Waals surface area contributed by atoms with Gasteiger partial charge in [0.15, 0.2) is 0 Å². The number of carbonyl (C=O) groups excluding carboxylic acids is 2. The monoisotopic (exact) mass is 391 g/mol. The highest BCUT2D eigenvalue weighted by Crippen LogP contribution is 2.21. The molecule has 0 bridgehead atoms. The van der Waals surface area contributed by atoms with E-state index in [9.17, 15) is 9.59 Å². The van der Waals surface area contributed by atoms with E-state index >= 15 is 0 Å². The fraction of sp³-hybridized carbons (Fsp3) is 0.222. The largest absolute Gasteiger partial charge is 0.497 e. The Kier molecular flexibility index (Phi) is 6.37. The zero-order valence-electron chi connectivity index (χ0n) is 13.4. The van der Waals surface area contributed by atoms with Gasteiger partial charge in [0.05, 0.1) is 26.7 Å². The van der Waals surface area contributed by atoms with Crippen LogP contribution in [0.2, 0.25) is 0 Å². The minimum Gasteiger partial charge on any atom is -0.497 e. The van der Waals surface area contributed by atoms with Crippen LogP contribution >= 0.6 is 15.9 Å². The van der Waals surface area contributed by atoms with E-state index in [1.807, 2.05) is 24.3 Å². The van der Waals surface area contributed by atoms with Crippen molar-refractivity contribution >= 4 is 27.8 Å². The van der Waals surface area contributed by atoms with Crippen LogP contribution in [0.15, 0.2) is 53.0 Å². The number of benzene rings is 2. The summed E-state index contributed by atoms with van der Waals surface area (Å²) in [4.78, 5) is 24.1. The minimum absolute atomic E-state index is 0.0556. The molecule has 0 aliphatic heterocycles. The predicted octanol–water partition coefficient (Wildman–Crippen LogP) is 3.49. The molecule has 126 valence electrons. The quantitative estimate of drug-likeness (QED) is 0.765. The molecule has 2 aromatic rings. The van der Waals surface area contributed by atoms with Gasteiger partial charge in [-0.3, -0.25) is 9.59 Å². The van der Waals surface area contributed by atoms with Crippen LogP contribution < -0.4 is 10.1 Å². The summed E-state index contributed by atoms with van der Waals surface area (Å²) < 4.78 is 10.7. The van der Waals surface area contributed by atoms with Gasteiger partial charge in [-0.25, -0.2) is 0 Å². The number of carbonyl (C=O) groups is 2. The molecule has 0 aliphatic carbocycles. The van der Waals surface area contributed by atoms with Gasteiger partial charge in [-0.05, 0) is 42.0 Å². The first-order valence-corrected chi connectivity index (χ1v) is 8.10. The minimum atomic E-state index is -0.472. The summed E-state index contributed by atoms with van der Waals surface area (Å²) in [6, 6.07) is 13.7. The van der Waals surface area contributed by atoms with Crippen molar-refractivity contribution in [2.24, 2.45) is 0 Å². The van der Waals surface area contributed by atoms with Crippen LogP contribution in [0.5, 0.6) is 5.75 Å². The molecule has 1 unspecified atom stereocenters. The zero-order valence-corrected chi connectivity index (χ0v) is 15.0. The molecule has 0 saturated carbocycles. The molecule has 2 rings (SSSR count). The second kappa shape index (κ2) is 8.49. The number of halogens is 1. The Labute approximate surface area is 149 Å². The molecule has 1 N–H and O–H groups in total. The van der Waals surface area contributed by atoms with Gasteiger partial charge in [0.2, 0.25) is 0 Å². The number of ether oxygens (including phenoxy) is 2.